The molecule has 0 radical (unpaired) electrons. The maximum Gasteiger partial charge on any atom is 0.309 e. The minimum Gasteiger partial charge on any atom is -0.466 e. The number of carbonyl (C=O) groups excluding carboxylic acids is 1. The molecule has 0 aromatic rings. The van der Waals surface area contributed by atoms with Crippen molar-refractivity contribution in [3.05, 3.63) is 0 Å². The van der Waals surface area contributed by atoms with Gasteiger partial charge in [-0.05, 0) is 55.3 Å². The Morgan fingerprint density at radius 2 is 1.41 bits per heavy atom. The van der Waals surface area contributed by atoms with Crippen molar-refractivity contribution >= 4 is 5.97 Å². The van der Waals surface area contributed by atoms with Gasteiger partial charge in [0.1, 0.15) is 0 Å². The highest BCUT2D eigenvalue weighted by Gasteiger charge is 2.30. The second kappa shape index (κ2) is 8.93. The van der Waals surface area contributed by atoms with Gasteiger partial charge in [-0.25, -0.2) is 0 Å². The molecule has 0 bridgehead atoms. The number of hydrogen-bond acceptors (Lipinski definition) is 2. The van der Waals surface area contributed by atoms with E-state index in [9.17, 15) is 4.79 Å². The lowest BCUT2D eigenvalue weighted by Gasteiger charge is -2.30. The maximum atomic E-state index is 12.3. The van der Waals surface area contributed by atoms with E-state index < -0.39 is 0 Å². The first-order valence-corrected chi connectivity index (χ1v) is 9.02. The molecule has 2 heteroatoms. The molecule has 0 aromatic heterocycles. The SMILES string of the molecule is CCOC(=O)C(CCC(C)CC(C)(C)C)C(C)CC(C)(C)C. The maximum absolute atomic E-state index is 12.3. The Morgan fingerprint density at radius 3 is 1.82 bits per heavy atom. The van der Waals surface area contributed by atoms with Crippen molar-refractivity contribution in [1.29, 1.82) is 0 Å². The largest absolute Gasteiger partial charge is 0.466 e. The van der Waals surface area contributed by atoms with Crippen LogP contribution in [0.1, 0.15) is 88.0 Å². The summed E-state index contributed by atoms with van der Waals surface area (Å²) < 4.78 is 5.33. The molecule has 0 spiro atoms. The standard InChI is InChI=1S/C20H40O2/c1-10-22-18(21)17(16(3)14-20(7,8)9)12-11-15(2)13-19(4,5)6/h15-17H,10-14H2,1-9H3. The number of esters is 1. The van der Waals surface area contributed by atoms with Gasteiger partial charge in [0.2, 0.25) is 0 Å². The average Bonchev–Trinajstić information content (AvgIpc) is 2.24. The van der Waals surface area contributed by atoms with Gasteiger partial charge in [-0.2, -0.15) is 0 Å². The Bertz CT molecular complexity index is 320. The fourth-order valence-electron chi connectivity index (χ4n) is 3.60. The first-order chi connectivity index (χ1) is 9.85. The lowest BCUT2D eigenvalue weighted by molar-refractivity contribution is -0.150. The highest BCUT2D eigenvalue weighted by atomic mass is 16.5. The summed E-state index contributed by atoms with van der Waals surface area (Å²) in [5.74, 6) is 1.07. The highest BCUT2D eigenvalue weighted by molar-refractivity contribution is 5.72. The lowest BCUT2D eigenvalue weighted by atomic mass is 9.76. The van der Waals surface area contributed by atoms with Gasteiger partial charge in [0, 0.05) is 0 Å². The number of hydrogen-bond donors (Lipinski definition) is 0. The van der Waals surface area contributed by atoms with Crippen molar-refractivity contribution in [3.63, 3.8) is 0 Å². The number of rotatable bonds is 8. The predicted molar refractivity (Wildman–Crippen MR) is 95.8 cm³/mol. The van der Waals surface area contributed by atoms with Gasteiger partial charge >= 0.3 is 5.97 Å². The molecule has 0 heterocycles. The smallest absolute Gasteiger partial charge is 0.309 e. The monoisotopic (exact) mass is 312 g/mol. The lowest BCUT2D eigenvalue weighted by Crippen LogP contribution is -2.28. The molecule has 0 aliphatic rings. The van der Waals surface area contributed by atoms with Gasteiger partial charge in [0.25, 0.3) is 0 Å². The van der Waals surface area contributed by atoms with E-state index in [2.05, 4.69) is 55.4 Å². The molecule has 3 unspecified atom stereocenters. The fourth-order valence-corrected chi connectivity index (χ4v) is 3.60. The van der Waals surface area contributed by atoms with E-state index in [1.807, 2.05) is 6.92 Å². The quantitative estimate of drug-likeness (QED) is 0.507. The first-order valence-electron chi connectivity index (χ1n) is 9.02. The van der Waals surface area contributed by atoms with Crippen LogP contribution in [0.3, 0.4) is 0 Å². The van der Waals surface area contributed by atoms with Crippen molar-refractivity contribution in [2.45, 2.75) is 88.0 Å². The molecular formula is C20H40O2. The predicted octanol–water partition coefficient (Wildman–Crippen LogP) is 6.09. The van der Waals surface area contributed by atoms with E-state index in [-0.39, 0.29) is 17.3 Å². The second-order valence-corrected chi connectivity index (χ2v) is 9.55. The van der Waals surface area contributed by atoms with Crippen LogP contribution in [0.4, 0.5) is 0 Å². The van der Waals surface area contributed by atoms with E-state index in [0.717, 1.165) is 19.3 Å². The van der Waals surface area contributed by atoms with Crippen molar-refractivity contribution in [2.24, 2.45) is 28.6 Å². The Balaban J connectivity index is 4.70. The van der Waals surface area contributed by atoms with Crippen LogP contribution in [0.5, 0.6) is 0 Å². The zero-order valence-corrected chi connectivity index (χ0v) is 16.6. The minimum atomic E-state index is 0.00205. The van der Waals surface area contributed by atoms with Crippen LogP contribution in [-0.2, 0) is 9.53 Å². The molecule has 0 saturated heterocycles. The Hall–Kier alpha value is -0.530. The molecule has 0 fully saturated rings. The van der Waals surface area contributed by atoms with Crippen LogP contribution in [0.2, 0.25) is 0 Å². The summed E-state index contributed by atoms with van der Waals surface area (Å²) >= 11 is 0. The molecule has 0 aliphatic heterocycles. The van der Waals surface area contributed by atoms with Gasteiger partial charge in [-0.1, -0.05) is 55.4 Å². The molecule has 3 atom stereocenters. The molecule has 132 valence electrons. The Kier molecular flexibility index (Phi) is 8.72. The topological polar surface area (TPSA) is 26.3 Å². The average molecular weight is 313 g/mol. The van der Waals surface area contributed by atoms with Crippen LogP contribution >= 0.6 is 0 Å². The minimum absolute atomic E-state index is 0.00205. The van der Waals surface area contributed by atoms with Gasteiger partial charge in [-0.15, -0.1) is 0 Å². The first kappa shape index (κ1) is 21.5. The molecule has 0 saturated carbocycles. The zero-order valence-electron chi connectivity index (χ0n) is 16.6. The number of carbonyl (C=O) groups is 1. The third kappa shape index (κ3) is 10.2. The third-order valence-electron chi connectivity index (χ3n) is 4.14. The van der Waals surface area contributed by atoms with E-state index in [1.165, 1.54) is 6.42 Å². The van der Waals surface area contributed by atoms with E-state index in [0.29, 0.717) is 23.9 Å². The highest BCUT2D eigenvalue weighted by Crippen LogP contribution is 2.34. The van der Waals surface area contributed by atoms with Crippen molar-refractivity contribution < 1.29 is 9.53 Å². The van der Waals surface area contributed by atoms with Crippen LogP contribution in [0.15, 0.2) is 0 Å². The molecule has 0 rings (SSSR count). The van der Waals surface area contributed by atoms with E-state index in [1.54, 1.807) is 0 Å². The summed E-state index contributed by atoms with van der Waals surface area (Å²) in [5.41, 5.74) is 0.608. The molecular weight excluding hydrogens is 272 g/mol. The van der Waals surface area contributed by atoms with Crippen molar-refractivity contribution in [2.75, 3.05) is 6.61 Å². The summed E-state index contributed by atoms with van der Waals surface area (Å²) in [6.07, 6.45) is 4.32. The van der Waals surface area contributed by atoms with Crippen LogP contribution in [-0.4, -0.2) is 12.6 Å². The second-order valence-electron chi connectivity index (χ2n) is 9.55. The Labute approximate surface area is 139 Å². The Morgan fingerprint density at radius 1 is 0.909 bits per heavy atom. The van der Waals surface area contributed by atoms with Crippen molar-refractivity contribution in [3.8, 4) is 0 Å². The normalized spacial score (nSPS) is 17.0. The van der Waals surface area contributed by atoms with Crippen molar-refractivity contribution in [1.82, 2.24) is 0 Å². The van der Waals surface area contributed by atoms with E-state index in [4.69, 9.17) is 4.74 Å². The summed E-state index contributed by atoms with van der Waals surface area (Å²) in [4.78, 5) is 12.3. The molecule has 0 amide bonds. The number of ether oxygens (including phenoxy) is 1. The van der Waals surface area contributed by atoms with Crippen LogP contribution in [0.25, 0.3) is 0 Å². The summed E-state index contributed by atoms with van der Waals surface area (Å²) in [6.45, 7) is 20.5. The van der Waals surface area contributed by atoms with Gasteiger partial charge in [-0.3, -0.25) is 4.79 Å². The van der Waals surface area contributed by atoms with Gasteiger partial charge in [0.15, 0.2) is 0 Å². The fraction of sp³-hybridized carbons (Fsp3) is 0.950. The van der Waals surface area contributed by atoms with Crippen LogP contribution in [0, 0.1) is 28.6 Å². The summed E-state index contributed by atoms with van der Waals surface area (Å²) in [5, 5.41) is 0. The molecule has 2 nitrogen and oxygen atoms in total. The molecule has 22 heavy (non-hydrogen) atoms. The van der Waals surface area contributed by atoms with Gasteiger partial charge in [0.05, 0.1) is 12.5 Å². The third-order valence-corrected chi connectivity index (χ3v) is 4.14. The van der Waals surface area contributed by atoms with E-state index >= 15 is 0 Å². The molecule has 0 aliphatic carbocycles. The summed E-state index contributed by atoms with van der Waals surface area (Å²) in [7, 11) is 0. The zero-order chi connectivity index (χ0) is 17.6. The van der Waals surface area contributed by atoms with Crippen LogP contribution < -0.4 is 0 Å². The molecule has 0 aromatic carbocycles. The van der Waals surface area contributed by atoms with Gasteiger partial charge < -0.3 is 4.74 Å². The molecule has 0 N–H and O–H groups in total. The summed E-state index contributed by atoms with van der Waals surface area (Å²) in [6, 6.07) is 0.